The molecular formula is C24H30N4O3. The molecule has 0 fully saturated rings. The van der Waals surface area contributed by atoms with Gasteiger partial charge >= 0.3 is 6.03 Å². The normalized spacial score (nSPS) is 10.6. The van der Waals surface area contributed by atoms with Gasteiger partial charge in [-0.3, -0.25) is 0 Å². The first kappa shape index (κ1) is 22.2. The third kappa shape index (κ3) is 5.78. The monoisotopic (exact) mass is 422 g/mol. The van der Waals surface area contributed by atoms with Gasteiger partial charge in [-0.1, -0.05) is 24.3 Å². The van der Waals surface area contributed by atoms with Crippen molar-refractivity contribution in [2.24, 2.45) is 0 Å². The highest BCUT2D eigenvalue weighted by Gasteiger charge is 2.17. The first-order valence-electron chi connectivity index (χ1n) is 10.3. The van der Waals surface area contributed by atoms with Crippen molar-refractivity contribution in [2.75, 3.05) is 26.1 Å². The molecular weight excluding hydrogens is 392 g/mol. The van der Waals surface area contributed by atoms with Crippen LogP contribution in [0.2, 0.25) is 0 Å². The molecule has 164 valence electrons. The van der Waals surface area contributed by atoms with E-state index in [-0.39, 0.29) is 6.03 Å². The third-order valence-corrected chi connectivity index (χ3v) is 5.23. The number of hydrogen-bond acceptors (Lipinski definition) is 4. The van der Waals surface area contributed by atoms with Crippen LogP contribution in [0.25, 0.3) is 0 Å². The van der Waals surface area contributed by atoms with E-state index in [1.54, 1.807) is 26.7 Å². The van der Waals surface area contributed by atoms with Gasteiger partial charge in [0.1, 0.15) is 0 Å². The maximum absolute atomic E-state index is 13.2. The number of ether oxygens (including phenoxy) is 2. The second-order valence-electron chi connectivity index (χ2n) is 7.46. The van der Waals surface area contributed by atoms with Gasteiger partial charge in [0.15, 0.2) is 11.5 Å². The molecule has 31 heavy (non-hydrogen) atoms. The van der Waals surface area contributed by atoms with Crippen molar-refractivity contribution < 1.29 is 14.3 Å². The fourth-order valence-corrected chi connectivity index (χ4v) is 3.51. The molecule has 1 aromatic heterocycles. The van der Waals surface area contributed by atoms with Crippen LogP contribution in [0, 0.1) is 13.8 Å². The van der Waals surface area contributed by atoms with Gasteiger partial charge in [-0.05, 0) is 49.1 Å². The first-order chi connectivity index (χ1) is 15.0. The van der Waals surface area contributed by atoms with Crippen molar-refractivity contribution in [3.63, 3.8) is 0 Å². The van der Waals surface area contributed by atoms with Gasteiger partial charge in [0.2, 0.25) is 0 Å². The van der Waals surface area contributed by atoms with Gasteiger partial charge in [0.05, 0.1) is 20.5 Å². The Hall–Kier alpha value is -3.48. The number of urea groups is 1. The molecule has 0 spiro atoms. The number of amides is 2. The van der Waals surface area contributed by atoms with Crippen LogP contribution in [0.5, 0.6) is 11.5 Å². The lowest BCUT2D eigenvalue weighted by molar-refractivity contribution is 0.207. The lowest BCUT2D eigenvalue weighted by Gasteiger charge is -2.25. The van der Waals surface area contributed by atoms with Crippen LogP contribution in [-0.4, -0.2) is 41.2 Å². The number of hydrogen-bond donors (Lipinski definition) is 1. The van der Waals surface area contributed by atoms with Crippen LogP contribution in [0.1, 0.15) is 23.1 Å². The minimum absolute atomic E-state index is 0.127. The molecule has 0 bridgehead atoms. The molecule has 3 rings (SSSR count). The number of benzene rings is 2. The van der Waals surface area contributed by atoms with Gasteiger partial charge in [0, 0.05) is 37.7 Å². The topological polar surface area (TPSA) is 68.6 Å². The average Bonchev–Trinajstić information content (AvgIpc) is 3.29. The second-order valence-corrected chi connectivity index (χ2v) is 7.46. The van der Waals surface area contributed by atoms with E-state index in [0.717, 1.165) is 35.3 Å². The van der Waals surface area contributed by atoms with Gasteiger partial charge in [-0.25, -0.2) is 9.78 Å². The number of methoxy groups -OCH3 is 2. The molecule has 1 N–H and O–H groups in total. The zero-order chi connectivity index (χ0) is 22.2. The fraction of sp³-hybridized carbons (Fsp3) is 0.333. The number of aromatic nitrogens is 2. The number of nitrogens with zero attached hydrogens (tertiary/aromatic N) is 3. The lowest BCUT2D eigenvalue weighted by atomic mass is 10.1. The molecule has 2 aromatic carbocycles. The Morgan fingerprint density at radius 3 is 2.48 bits per heavy atom. The number of carbonyl (C=O) groups excluding carboxylic acids is 1. The van der Waals surface area contributed by atoms with Crippen molar-refractivity contribution in [2.45, 2.75) is 33.4 Å². The SMILES string of the molecule is COc1ccc(CN(CCCn2ccnc2)C(=O)Nc2c(C)cccc2C)cc1OC. The highest BCUT2D eigenvalue weighted by atomic mass is 16.5. The van der Waals surface area contributed by atoms with E-state index in [9.17, 15) is 4.79 Å². The molecule has 7 nitrogen and oxygen atoms in total. The van der Waals surface area contributed by atoms with Crippen LogP contribution in [-0.2, 0) is 13.1 Å². The summed E-state index contributed by atoms with van der Waals surface area (Å²) in [5.74, 6) is 1.31. The minimum atomic E-state index is -0.127. The van der Waals surface area contributed by atoms with Crippen molar-refractivity contribution in [3.8, 4) is 11.5 Å². The zero-order valence-electron chi connectivity index (χ0n) is 18.6. The van der Waals surface area contributed by atoms with Crippen LogP contribution in [0.3, 0.4) is 0 Å². The number of imidazole rings is 1. The van der Waals surface area contributed by atoms with Crippen LogP contribution >= 0.6 is 0 Å². The summed E-state index contributed by atoms with van der Waals surface area (Å²) >= 11 is 0. The molecule has 0 unspecified atom stereocenters. The molecule has 3 aromatic rings. The highest BCUT2D eigenvalue weighted by Crippen LogP contribution is 2.28. The van der Waals surface area contributed by atoms with Gasteiger partial charge in [-0.2, -0.15) is 0 Å². The third-order valence-electron chi connectivity index (χ3n) is 5.23. The maximum Gasteiger partial charge on any atom is 0.322 e. The van der Waals surface area contributed by atoms with E-state index in [2.05, 4.69) is 10.3 Å². The molecule has 2 amide bonds. The van der Waals surface area contributed by atoms with Gasteiger partial charge in [-0.15, -0.1) is 0 Å². The Bertz CT molecular complexity index is 982. The number of para-hydroxylation sites is 1. The Morgan fingerprint density at radius 1 is 1.10 bits per heavy atom. The van der Waals surface area contributed by atoms with Crippen LogP contribution in [0.15, 0.2) is 55.1 Å². The summed E-state index contributed by atoms with van der Waals surface area (Å²) < 4.78 is 12.8. The number of aryl methyl sites for hydroxylation is 3. The smallest absolute Gasteiger partial charge is 0.322 e. The molecule has 0 saturated heterocycles. The highest BCUT2D eigenvalue weighted by molar-refractivity contribution is 5.91. The Kier molecular flexibility index (Phi) is 7.54. The van der Waals surface area contributed by atoms with Gasteiger partial charge in [0.25, 0.3) is 0 Å². The standard InChI is InChI=1S/C24H30N4O3/c1-18-7-5-8-19(2)23(18)26-24(29)28(13-6-12-27-14-11-25-17-27)16-20-9-10-21(30-3)22(15-20)31-4/h5,7-11,14-15,17H,6,12-13,16H2,1-4H3,(H,26,29). The fourth-order valence-electron chi connectivity index (χ4n) is 3.51. The quantitative estimate of drug-likeness (QED) is 0.545. The molecule has 0 aliphatic rings. The molecule has 0 aliphatic heterocycles. The van der Waals surface area contributed by atoms with Crippen molar-refractivity contribution >= 4 is 11.7 Å². The van der Waals surface area contributed by atoms with E-state index in [4.69, 9.17) is 9.47 Å². The first-order valence-corrected chi connectivity index (χ1v) is 10.3. The summed E-state index contributed by atoms with van der Waals surface area (Å²) in [6.45, 7) is 5.85. The summed E-state index contributed by atoms with van der Waals surface area (Å²) in [6, 6.07) is 11.6. The van der Waals surface area contributed by atoms with E-state index in [0.29, 0.717) is 24.6 Å². The number of anilines is 1. The Labute approximate surface area is 183 Å². The summed E-state index contributed by atoms with van der Waals surface area (Å²) in [6.07, 6.45) is 6.28. The van der Waals surface area contributed by atoms with E-state index < -0.39 is 0 Å². The minimum Gasteiger partial charge on any atom is -0.493 e. The molecule has 0 aliphatic carbocycles. The largest absolute Gasteiger partial charge is 0.493 e. The number of carbonyl (C=O) groups is 1. The lowest BCUT2D eigenvalue weighted by Crippen LogP contribution is -2.36. The molecule has 0 radical (unpaired) electrons. The van der Waals surface area contributed by atoms with Gasteiger partial charge < -0.3 is 24.3 Å². The molecule has 0 atom stereocenters. The summed E-state index contributed by atoms with van der Waals surface area (Å²) in [5, 5.41) is 3.11. The van der Waals surface area contributed by atoms with E-state index in [1.807, 2.05) is 65.9 Å². The zero-order valence-corrected chi connectivity index (χ0v) is 18.6. The van der Waals surface area contributed by atoms with Crippen molar-refractivity contribution in [3.05, 3.63) is 71.8 Å². The number of rotatable bonds is 9. The summed E-state index contributed by atoms with van der Waals surface area (Å²) in [4.78, 5) is 19.1. The summed E-state index contributed by atoms with van der Waals surface area (Å²) in [5.41, 5.74) is 3.91. The Morgan fingerprint density at radius 2 is 1.84 bits per heavy atom. The van der Waals surface area contributed by atoms with E-state index in [1.165, 1.54) is 0 Å². The predicted octanol–water partition coefficient (Wildman–Crippen LogP) is 4.64. The van der Waals surface area contributed by atoms with E-state index >= 15 is 0 Å². The predicted molar refractivity (Wildman–Crippen MR) is 122 cm³/mol. The number of nitrogens with one attached hydrogen (secondary N) is 1. The summed E-state index contributed by atoms with van der Waals surface area (Å²) in [7, 11) is 3.22. The maximum atomic E-state index is 13.2. The molecule has 7 heteroatoms. The molecule has 1 heterocycles. The van der Waals surface area contributed by atoms with Crippen LogP contribution in [0.4, 0.5) is 10.5 Å². The van der Waals surface area contributed by atoms with Crippen molar-refractivity contribution in [1.82, 2.24) is 14.5 Å². The Balaban J connectivity index is 1.77. The average molecular weight is 423 g/mol. The second kappa shape index (κ2) is 10.5. The van der Waals surface area contributed by atoms with Crippen molar-refractivity contribution in [1.29, 1.82) is 0 Å². The van der Waals surface area contributed by atoms with Crippen LogP contribution < -0.4 is 14.8 Å². The molecule has 0 saturated carbocycles.